The molecule has 6 rings (SSSR count). The van der Waals surface area contributed by atoms with Gasteiger partial charge in [0.2, 0.25) is 0 Å². The van der Waals surface area contributed by atoms with Gasteiger partial charge in [0.05, 0.1) is 16.7 Å². The maximum atomic E-state index is 12.0. The number of aromatic nitrogens is 2. The molecule has 1 amide bonds. The van der Waals surface area contributed by atoms with Gasteiger partial charge in [0.25, 0.3) is 0 Å². The van der Waals surface area contributed by atoms with Gasteiger partial charge in [-0.05, 0) is 81.6 Å². The first-order chi connectivity index (χ1) is 16.1. The van der Waals surface area contributed by atoms with Gasteiger partial charge in [-0.3, -0.25) is 4.90 Å². The molecule has 2 fully saturated rings. The van der Waals surface area contributed by atoms with Crippen LogP contribution in [-0.4, -0.2) is 39.9 Å². The number of hydrogen-bond acceptors (Lipinski definition) is 3. The highest BCUT2D eigenvalue weighted by atomic mass is 16.4. The van der Waals surface area contributed by atoms with Crippen molar-refractivity contribution in [2.24, 2.45) is 5.41 Å². The lowest BCUT2D eigenvalue weighted by Crippen LogP contribution is -2.49. The summed E-state index contributed by atoms with van der Waals surface area (Å²) in [5.74, 6) is 1.12. The number of amides is 1. The summed E-state index contributed by atoms with van der Waals surface area (Å²) in [6.45, 7) is 4.19. The van der Waals surface area contributed by atoms with Crippen molar-refractivity contribution in [3.05, 3.63) is 59.4 Å². The third-order valence-corrected chi connectivity index (χ3v) is 8.47. The van der Waals surface area contributed by atoms with Crippen LogP contribution in [0.3, 0.4) is 0 Å². The Kier molecular flexibility index (Phi) is 4.94. The van der Waals surface area contributed by atoms with Crippen molar-refractivity contribution in [2.45, 2.75) is 64.0 Å². The Morgan fingerprint density at radius 3 is 2.61 bits per heavy atom. The molecule has 3 aliphatic rings. The predicted octanol–water partition coefficient (Wildman–Crippen LogP) is 5.15. The average molecular weight is 445 g/mol. The van der Waals surface area contributed by atoms with E-state index in [1.165, 1.54) is 41.7 Å². The highest BCUT2D eigenvalue weighted by Crippen LogP contribution is 2.57. The molecule has 33 heavy (non-hydrogen) atoms. The first-order valence-corrected chi connectivity index (χ1v) is 12.4. The van der Waals surface area contributed by atoms with E-state index in [9.17, 15) is 9.90 Å². The third kappa shape index (κ3) is 3.26. The van der Waals surface area contributed by atoms with Crippen molar-refractivity contribution in [1.29, 1.82) is 0 Å². The topological polar surface area (TPSA) is 70.4 Å². The number of piperidine rings is 1. The summed E-state index contributed by atoms with van der Waals surface area (Å²) in [6.07, 6.45) is 6.56. The molecule has 0 bridgehead atoms. The van der Waals surface area contributed by atoms with Crippen LogP contribution >= 0.6 is 0 Å². The molecule has 2 atom stereocenters. The third-order valence-electron chi connectivity index (χ3n) is 8.47. The van der Waals surface area contributed by atoms with E-state index in [2.05, 4.69) is 46.3 Å². The summed E-state index contributed by atoms with van der Waals surface area (Å²) in [5, 5.41) is 13.4. The fourth-order valence-corrected chi connectivity index (χ4v) is 6.58. The molecule has 2 aliphatic heterocycles. The van der Waals surface area contributed by atoms with Gasteiger partial charge in [0.15, 0.2) is 0 Å². The molecular weight excluding hydrogens is 412 g/mol. The lowest BCUT2D eigenvalue weighted by molar-refractivity contribution is 0.00834. The number of nitrogens with one attached hydrogen (secondary N) is 1. The van der Waals surface area contributed by atoms with E-state index < -0.39 is 6.09 Å². The Bertz CT molecular complexity index is 1200. The summed E-state index contributed by atoms with van der Waals surface area (Å²) in [4.78, 5) is 18.8. The van der Waals surface area contributed by atoms with Crippen molar-refractivity contribution in [1.82, 2.24) is 14.9 Å². The Balaban J connectivity index is 1.51. The summed E-state index contributed by atoms with van der Waals surface area (Å²) in [6, 6.07) is 15.2. The summed E-state index contributed by atoms with van der Waals surface area (Å²) in [7, 11) is 0. The van der Waals surface area contributed by atoms with E-state index in [0.717, 1.165) is 54.9 Å². The molecule has 1 saturated carbocycles. The van der Waals surface area contributed by atoms with Gasteiger partial charge in [0.1, 0.15) is 5.82 Å². The molecule has 1 aromatic heterocycles. The van der Waals surface area contributed by atoms with Gasteiger partial charge in [-0.15, -0.1) is 0 Å². The molecule has 3 heterocycles. The van der Waals surface area contributed by atoms with E-state index in [1.807, 2.05) is 13.0 Å². The minimum Gasteiger partial charge on any atom is -0.465 e. The van der Waals surface area contributed by atoms with Crippen LogP contribution in [-0.2, 0) is 12.8 Å². The fraction of sp³-hybridized carbons (Fsp3) is 0.481. The van der Waals surface area contributed by atoms with Gasteiger partial charge in [-0.2, -0.15) is 0 Å². The Labute approximate surface area is 194 Å². The van der Waals surface area contributed by atoms with Gasteiger partial charge < -0.3 is 15.0 Å². The molecule has 2 aromatic carbocycles. The zero-order chi connectivity index (χ0) is 22.6. The monoisotopic (exact) mass is 444 g/mol. The van der Waals surface area contributed by atoms with Crippen LogP contribution in [0.25, 0.3) is 11.0 Å². The first-order valence-electron chi connectivity index (χ1n) is 12.4. The Morgan fingerprint density at radius 2 is 1.91 bits per heavy atom. The number of aryl methyl sites for hydroxylation is 1. The van der Waals surface area contributed by atoms with Crippen molar-refractivity contribution in [3.8, 4) is 0 Å². The lowest BCUT2D eigenvalue weighted by atomic mass is 9.59. The van der Waals surface area contributed by atoms with E-state index in [0.29, 0.717) is 11.5 Å². The maximum Gasteiger partial charge on any atom is 0.412 e. The maximum absolute atomic E-state index is 12.0. The summed E-state index contributed by atoms with van der Waals surface area (Å²) in [5.41, 5.74) is 5.73. The van der Waals surface area contributed by atoms with Crippen molar-refractivity contribution in [2.75, 3.05) is 18.0 Å². The van der Waals surface area contributed by atoms with Crippen LogP contribution in [0.1, 0.15) is 62.0 Å². The molecule has 3 aromatic rings. The number of benzene rings is 2. The van der Waals surface area contributed by atoms with Gasteiger partial charge in [-0.25, -0.2) is 9.78 Å². The Hall–Kier alpha value is -2.86. The van der Waals surface area contributed by atoms with Crippen LogP contribution in [0, 0.1) is 5.41 Å². The van der Waals surface area contributed by atoms with E-state index in [4.69, 9.17) is 4.98 Å². The van der Waals surface area contributed by atoms with Gasteiger partial charge in [0, 0.05) is 24.1 Å². The SMILES string of the molecule is CC1CCc2c(ccc3c2nc(Cc2ccccc2)n3[C@@H]2CCC23CCNCC3)N1C(=O)O. The normalized spacial score (nSPS) is 24.0. The van der Waals surface area contributed by atoms with Crippen LogP contribution in [0.15, 0.2) is 42.5 Å². The minimum atomic E-state index is -0.876. The first kappa shape index (κ1) is 20.7. The molecule has 1 spiro atoms. The number of hydrogen-bond donors (Lipinski definition) is 2. The molecule has 6 nitrogen and oxygen atoms in total. The minimum absolute atomic E-state index is 0.0111. The number of fused-ring (bicyclic) bond motifs is 3. The standard InChI is InChI=1S/C27H32N4O2/c1-18-7-8-20-21(30(18)26(32)33)9-10-22-25(20)29-24(17-19-5-3-2-4-6-19)31(22)23-11-12-27(23)13-15-28-16-14-27/h2-6,9-10,18,23,28H,7-8,11-17H2,1H3,(H,32,33)/t18?,23-/m1/s1. The molecule has 1 unspecified atom stereocenters. The van der Waals surface area contributed by atoms with Crippen molar-refractivity contribution in [3.63, 3.8) is 0 Å². The number of imidazole rings is 1. The zero-order valence-electron chi connectivity index (χ0n) is 19.3. The van der Waals surface area contributed by atoms with Crippen LogP contribution in [0.4, 0.5) is 10.5 Å². The second-order valence-electron chi connectivity index (χ2n) is 10.2. The van der Waals surface area contributed by atoms with Crippen LogP contribution in [0.2, 0.25) is 0 Å². The molecule has 0 radical (unpaired) electrons. The van der Waals surface area contributed by atoms with E-state index in [-0.39, 0.29) is 6.04 Å². The van der Waals surface area contributed by atoms with E-state index >= 15 is 0 Å². The van der Waals surface area contributed by atoms with Crippen LogP contribution < -0.4 is 10.2 Å². The van der Waals surface area contributed by atoms with Gasteiger partial charge >= 0.3 is 6.09 Å². The smallest absolute Gasteiger partial charge is 0.412 e. The largest absolute Gasteiger partial charge is 0.465 e. The second kappa shape index (κ2) is 7.87. The number of nitrogens with zero attached hydrogens (tertiary/aromatic N) is 3. The fourth-order valence-electron chi connectivity index (χ4n) is 6.58. The molecule has 1 saturated heterocycles. The number of carboxylic acid groups (broad SMARTS) is 1. The van der Waals surface area contributed by atoms with Crippen LogP contribution in [0.5, 0.6) is 0 Å². The number of rotatable bonds is 3. The molecule has 172 valence electrons. The summed E-state index contributed by atoms with van der Waals surface area (Å²) < 4.78 is 2.54. The lowest BCUT2D eigenvalue weighted by Gasteiger charge is -2.53. The van der Waals surface area contributed by atoms with Crippen molar-refractivity contribution < 1.29 is 9.90 Å². The highest BCUT2D eigenvalue weighted by molar-refractivity contribution is 5.94. The van der Waals surface area contributed by atoms with E-state index in [1.54, 1.807) is 0 Å². The second-order valence-corrected chi connectivity index (χ2v) is 10.2. The quantitative estimate of drug-likeness (QED) is 0.586. The Morgan fingerprint density at radius 1 is 1.12 bits per heavy atom. The van der Waals surface area contributed by atoms with Crippen molar-refractivity contribution >= 4 is 22.8 Å². The number of anilines is 1. The molecule has 1 aliphatic carbocycles. The van der Waals surface area contributed by atoms with Gasteiger partial charge in [-0.1, -0.05) is 30.3 Å². The molecule has 2 N–H and O–H groups in total. The molecule has 6 heteroatoms. The number of carbonyl (C=O) groups is 1. The highest BCUT2D eigenvalue weighted by Gasteiger charge is 2.49. The zero-order valence-corrected chi connectivity index (χ0v) is 19.3. The average Bonchev–Trinajstić information content (AvgIpc) is 3.16. The predicted molar refractivity (Wildman–Crippen MR) is 130 cm³/mol. The summed E-state index contributed by atoms with van der Waals surface area (Å²) >= 11 is 0. The molecular formula is C27H32N4O2.